The number of rotatable bonds is 3. The Morgan fingerprint density at radius 1 is 1.20 bits per heavy atom. The molecule has 5 N–H and O–H groups in total. The summed E-state index contributed by atoms with van der Waals surface area (Å²) in [5.74, 6) is -0.400. The first-order chi connectivity index (χ1) is 9.27. The zero-order valence-corrected chi connectivity index (χ0v) is 11.5. The van der Waals surface area contributed by atoms with Crippen molar-refractivity contribution in [3.05, 3.63) is 47.8 Å². The molecule has 0 bridgehead atoms. The van der Waals surface area contributed by atoms with E-state index in [0.717, 1.165) is 0 Å². The second kappa shape index (κ2) is 5.10. The van der Waals surface area contributed by atoms with Crippen molar-refractivity contribution in [1.29, 1.82) is 0 Å². The van der Waals surface area contributed by atoms with Gasteiger partial charge in [0.15, 0.2) is 0 Å². The first-order valence-electron chi connectivity index (χ1n) is 5.73. The van der Waals surface area contributed by atoms with Crippen molar-refractivity contribution in [2.24, 2.45) is 5.14 Å². The van der Waals surface area contributed by atoms with Crippen molar-refractivity contribution in [2.45, 2.75) is 11.8 Å². The molecule has 106 valence electrons. The highest BCUT2D eigenvalue weighted by atomic mass is 32.2. The Balaban J connectivity index is 2.50. The highest BCUT2D eigenvalue weighted by Crippen LogP contribution is 2.28. The molecule has 2 rings (SSSR count). The van der Waals surface area contributed by atoms with Gasteiger partial charge in [-0.2, -0.15) is 0 Å². The van der Waals surface area contributed by atoms with E-state index < -0.39 is 15.8 Å². The monoisotopic (exact) mass is 295 g/mol. The van der Waals surface area contributed by atoms with Gasteiger partial charge in [-0.3, -0.25) is 0 Å². The Morgan fingerprint density at radius 3 is 2.50 bits per heavy atom. The summed E-state index contributed by atoms with van der Waals surface area (Å²) >= 11 is 0. The average molecular weight is 295 g/mol. The van der Waals surface area contributed by atoms with Gasteiger partial charge in [0, 0.05) is 17.1 Å². The Hall–Kier alpha value is -2.12. The smallest absolute Gasteiger partial charge is 0.238 e. The minimum Gasteiger partial charge on any atom is -0.399 e. The number of nitrogen functional groups attached to an aromatic ring is 1. The SMILES string of the molecule is Cc1c(Nc2cccc(F)c2)cc(N)cc1S(N)(=O)=O. The summed E-state index contributed by atoms with van der Waals surface area (Å²) in [6, 6.07) is 8.66. The van der Waals surface area contributed by atoms with Gasteiger partial charge < -0.3 is 11.1 Å². The Bertz CT molecular complexity index is 760. The highest BCUT2D eigenvalue weighted by molar-refractivity contribution is 7.89. The first kappa shape index (κ1) is 14.3. The molecule has 0 fully saturated rings. The van der Waals surface area contributed by atoms with Gasteiger partial charge in [0.05, 0.1) is 4.90 Å². The molecule has 0 saturated carbocycles. The molecular formula is C13H14FN3O2S. The molecule has 2 aromatic carbocycles. The van der Waals surface area contributed by atoms with E-state index in [9.17, 15) is 12.8 Å². The Kier molecular flexibility index (Phi) is 3.65. The number of primary sulfonamides is 1. The molecule has 2 aromatic rings. The molecule has 7 heteroatoms. The molecule has 0 aliphatic carbocycles. The number of sulfonamides is 1. The summed E-state index contributed by atoms with van der Waals surface area (Å²) < 4.78 is 36.1. The van der Waals surface area contributed by atoms with Crippen LogP contribution in [0.1, 0.15) is 5.56 Å². The maximum Gasteiger partial charge on any atom is 0.238 e. The second-order valence-corrected chi connectivity index (χ2v) is 5.90. The predicted octanol–water partition coefficient (Wildman–Crippen LogP) is 2.11. The van der Waals surface area contributed by atoms with Crippen LogP contribution in [0.2, 0.25) is 0 Å². The third kappa shape index (κ3) is 3.06. The number of benzene rings is 2. The normalized spacial score (nSPS) is 11.3. The fraction of sp³-hybridized carbons (Fsp3) is 0.0769. The molecule has 0 aromatic heterocycles. The number of nitrogens with two attached hydrogens (primary N) is 2. The third-order valence-corrected chi connectivity index (χ3v) is 3.83. The maximum absolute atomic E-state index is 13.1. The van der Waals surface area contributed by atoms with Crippen LogP contribution in [0.15, 0.2) is 41.3 Å². The summed E-state index contributed by atoms with van der Waals surface area (Å²) in [5, 5.41) is 8.07. The Morgan fingerprint density at radius 2 is 1.90 bits per heavy atom. The van der Waals surface area contributed by atoms with Crippen molar-refractivity contribution >= 4 is 27.1 Å². The van der Waals surface area contributed by atoms with E-state index in [1.807, 2.05) is 0 Å². The summed E-state index contributed by atoms with van der Waals surface area (Å²) in [6.45, 7) is 1.60. The second-order valence-electron chi connectivity index (χ2n) is 4.37. The van der Waals surface area contributed by atoms with Gasteiger partial charge in [-0.05, 0) is 42.8 Å². The van der Waals surface area contributed by atoms with Gasteiger partial charge in [0.1, 0.15) is 5.82 Å². The molecule has 0 saturated heterocycles. The Labute approximate surface area is 116 Å². The van der Waals surface area contributed by atoms with Crippen molar-refractivity contribution in [2.75, 3.05) is 11.1 Å². The lowest BCUT2D eigenvalue weighted by molar-refractivity contribution is 0.597. The molecule has 20 heavy (non-hydrogen) atoms. The van der Waals surface area contributed by atoms with Crippen LogP contribution in [0.4, 0.5) is 21.5 Å². The molecule has 0 atom stereocenters. The van der Waals surface area contributed by atoms with E-state index >= 15 is 0 Å². The van der Waals surface area contributed by atoms with Crippen LogP contribution in [-0.4, -0.2) is 8.42 Å². The standard InChI is InChI=1S/C13H14FN3O2S/c1-8-12(17-11-4-2-3-9(14)5-11)6-10(15)7-13(8)20(16,18)19/h2-7,17H,15H2,1H3,(H2,16,18,19). The minimum atomic E-state index is -3.87. The van der Waals surface area contributed by atoms with Gasteiger partial charge in [0.25, 0.3) is 0 Å². The zero-order chi connectivity index (χ0) is 14.9. The van der Waals surface area contributed by atoms with Crippen LogP contribution < -0.4 is 16.2 Å². The average Bonchev–Trinajstić information content (AvgIpc) is 2.32. The van der Waals surface area contributed by atoms with Crippen LogP contribution in [0.25, 0.3) is 0 Å². The van der Waals surface area contributed by atoms with Crippen LogP contribution in [0, 0.1) is 12.7 Å². The molecular weight excluding hydrogens is 281 g/mol. The van der Waals surface area contributed by atoms with E-state index in [2.05, 4.69) is 5.32 Å². The van der Waals surface area contributed by atoms with Gasteiger partial charge in [0.2, 0.25) is 10.0 Å². The lowest BCUT2D eigenvalue weighted by Gasteiger charge is -2.13. The van der Waals surface area contributed by atoms with Gasteiger partial charge >= 0.3 is 0 Å². The van der Waals surface area contributed by atoms with Crippen LogP contribution in [0.3, 0.4) is 0 Å². The van der Waals surface area contributed by atoms with E-state index in [1.54, 1.807) is 25.1 Å². The highest BCUT2D eigenvalue weighted by Gasteiger charge is 2.15. The van der Waals surface area contributed by atoms with E-state index in [0.29, 0.717) is 16.9 Å². The molecule has 0 spiro atoms. The molecule has 5 nitrogen and oxygen atoms in total. The van der Waals surface area contributed by atoms with E-state index in [4.69, 9.17) is 10.9 Å². The van der Waals surface area contributed by atoms with Gasteiger partial charge in [-0.15, -0.1) is 0 Å². The molecule has 0 amide bonds. The molecule has 0 aliphatic heterocycles. The van der Waals surface area contributed by atoms with Crippen molar-refractivity contribution < 1.29 is 12.8 Å². The first-order valence-corrected chi connectivity index (χ1v) is 7.27. The number of hydrogen-bond acceptors (Lipinski definition) is 4. The largest absolute Gasteiger partial charge is 0.399 e. The predicted molar refractivity (Wildman–Crippen MR) is 76.6 cm³/mol. The maximum atomic E-state index is 13.1. The van der Waals surface area contributed by atoms with E-state index in [-0.39, 0.29) is 10.6 Å². The zero-order valence-electron chi connectivity index (χ0n) is 10.7. The number of hydrogen-bond donors (Lipinski definition) is 3. The summed E-state index contributed by atoms with van der Waals surface area (Å²) in [4.78, 5) is -0.0589. The fourth-order valence-electron chi connectivity index (χ4n) is 1.86. The summed E-state index contributed by atoms with van der Waals surface area (Å²) in [5.41, 5.74) is 7.29. The number of anilines is 3. The lowest BCUT2D eigenvalue weighted by atomic mass is 10.1. The van der Waals surface area contributed by atoms with Gasteiger partial charge in [-0.25, -0.2) is 17.9 Å². The fourth-order valence-corrected chi connectivity index (χ4v) is 2.69. The summed E-state index contributed by atoms with van der Waals surface area (Å²) in [6.07, 6.45) is 0. The molecule has 0 aliphatic rings. The number of halogens is 1. The third-order valence-electron chi connectivity index (χ3n) is 2.79. The van der Waals surface area contributed by atoms with Crippen LogP contribution >= 0.6 is 0 Å². The number of nitrogens with one attached hydrogen (secondary N) is 1. The van der Waals surface area contributed by atoms with Crippen molar-refractivity contribution in [1.82, 2.24) is 0 Å². The van der Waals surface area contributed by atoms with Crippen LogP contribution in [0.5, 0.6) is 0 Å². The topological polar surface area (TPSA) is 98.2 Å². The summed E-state index contributed by atoms with van der Waals surface area (Å²) in [7, 11) is -3.87. The molecule has 0 unspecified atom stereocenters. The lowest BCUT2D eigenvalue weighted by Crippen LogP contribution is -2.15. The van der Waals surface area contributed by atoms with Gasteiger partial charge in [-0.1, -0.05) is 6.07 Å². The molecule has 0 radical (unpaired) electrons. The minimum absolute atomic E-state index is 0.0589. The molecule has 0 heterocycles. The quantitative estimate of drug-likeness (QED) is 0.755. The van der Waals surface area contributed by atoms with E-state index in [1.165, 1.54) is 18.2 Å². The van der Waals surface area contributed by atoms with Crippen molar-refractivity contribution in [3.63, 3.8) is 0 Å². The van der Waals surface area contributed by atoms with Crippen molar-refractivity contribution in [3.8, 4) is 0 Å². The van der Waals surface area contributed by atoms with Crippen LogP contribution in [-0.2, 0) is 10.0 Å².